The quantitative estimate of drug-likeness (QED) is 0.909. The van der Waals surface area contributed by atoms with Gasteiger partial charge in [0.05, 0.1) is 0 Å². The standard InChI is InChI=1S/C14H16BrNO3/c1-9-8-10(15)5-6-11(9)13(17)16-7-3-2-4-12(16)14(18)19/h5-6,8,12H,2-4,7H2,1H3,(H,18,19). The van der Waals surface area contributed by atoms with Gasteiger partial charge in [0.25, 0.3) is 5.91 Å². The molecule has 1 heterocycles. The minimum Gasteiger partial charge on any atom is -0.480 e. The second-order valence-corrected chi connectivity index (χ2v) is 5.72. The molecule has 0 saturated carbocycles. The number of piperidine rings is 1. The smallest absolute Gasteiger partial charge is 0.326 e. The van der Waals surface area contributed by atoms with Crippen LogP contribution in [-0.4, -0.2) is 34.5 Å². The van der Waals surface area contributed by atoms with Crippen molar-refractivity contribution in [2.75, 3.05) is 6.54 Å². The van der Waals surface area contributed by atoms with Crippen molar-refractivity contribution >= 4 is 27.8 Å². The number of hydrogen-bond acceptors (Lipinski definition) is 2. The molecule has 0 bridgehead atoms. The molecule has 2 rings (SSSR count). The largest absolute Gasteiger partial charge is 0.480 e. The van der Waals surface area contributed by atoms with E-state index in [1.165, 1.54) is 4.90 Å². The Hall–Kier alpha value is -1.36. The summed E-state index contributed by atoms with van der Waals surface area (Å²) in [5.74, 6) is -1.10. The van der Waals surface area contributed by atoms with Crippen molar-refractivity contribution in [3.8, 4) is 0 Å². The number of carbonyl (C=O) groups is 2. The molecule has 5 heteroatoms. The average Bonchev–Trinajstić information content (AvgIpc) is 2.38. The van der Waals surface area contributed by atoms with E-state index in [0.717, 1.165) is 22.9 Å². The van der Waals surface area contributed by atoms with Crippen LogP contribution in [0.25, 0.3) is 0 Å². The van der Waals surface area contributed by atoms with Gasteiger partial charge in [0.15, 0.2) is 0 Å². The lowest BCUT2D eigenvalue weighted by molar-refractivity contribution is -0.143. The van der Waals surface area contributed by atoms with Gasteiger partial charge in [-0.2, -0.15) is 0 Å². The highest BCUT2D eigenvalue weighted by Crippen LogP contribution is 2.23. The number of halogens is 1. The zero-order valence-electron chi connectivity index (χ0n) is 10.7. The maximum atomic E-state index is 12.5. The molecule has 1 aromatic carbocycles. The number of nitrogens with zero attached hydrogens (tertiary/aromatic N) is 1. The Kier molecular flexibility index (Phi) is 4.24. The van der Waals surface area contributed by atoms with Crippen LogP contribution in [0, 0.1) is 6.92 Å². The monoisotopic (exact) mass is 325 g/mol. The summed E-state index contributed by atoms with van der Waals surface area (Å²) in [5.41, 5.74) is 1.44. The van der Waals surface area contributed by atoms with Crippen LogP contribution < -0.4 is 0 Å². The van der Waals surface area contributed by atoms with Gasteiger partial charge in [0, 0.05) is 16.6 Å². The molecule has 0 radical (unpaired) electrons. The van der Waals surface area contributed by atoms with E-state index in [0.29, 0.717) is 18.5 Å². The zero-order chi connectivity index (χ0) is 14.0. The predicted octanol–water partition coefficient (Wildman–Crippen LogP) is 2.84. The van der Waals surface area contributed by atoms with Crippen LogP contribution in [0.3, 0.4) is 0 Å². The molecule has 1 amide bonds. The molecule has 1 saturated heterocycles. The Balaban J connectivity index is 2.28. The first kappa shape index (κ1) is 14.1. The molecule has 102 valence electrons. The van der Waals surface area contributed by atoms with E-state index in [1.807, 2.05) is 13.0 Å². The molecule has 0 spiro atoms. The number of aliphatic carboxylic acids is 1. The van der Waals surface area contributed by atoms with E-state index in [2.05, 4.69) is 15.9 Å². The highest BCUT2D eigenvalue weighted by Gasteiger charge is 2.32. The number of rotatable bonds is 2. The Bertz CT molecular complexity index is 515. The fourth-order valence-corrected chi connectivity index (χ4v) is 2.93. The molecule has 1 N–H and O–H groups in total. The van der Waals surface area contributed by atoms with E-state index in [4.69, 9.17) is 0 Å². The van der Waals surface area contributed by atoms with Crippen molar-refractivity contribution in [3.63, 3.8) is 0 Å². The normalized spacial score (nSPS) is 19.3. The number of amides is 1. The SMILES string of the molecule is Cc1cc(Br)ccc1C(=O)N1CCCCC1C(=O)O. The number of benzene rings is 1. The summed E-state index contributed by atoms with van der Waals surface area (Å²) < 4.78 is 0.912. The molecule has 1 atom stereocenters. The predicted molar refractivity (Wildman–Crippen MR) is 75.2 cm³/mol. The van der Waals surface area contributed by atoms with E-state index >= 15 is 0 Å². The van der Waals surface area contributed by atoms with Crippen LogP contribution in [0.5, 0.6) is 0 Å². The highest BCUT2D eigenvalue weighted by atomic mass is 79.9. The van der Waals surface area contributed by atoms with Crippen LogP contribution in [0.1, 0.15) is 35.2 Å². The molecule has 1 fully saturated rings. The second kappa shape index (κ2) is 5.74. The van der Waals surface area contributed by atoms with Gasteiger partial charge in [-0.1, -0.05) is 15.9 Å². The van der Waals surface area contributed by atoms with Gasteiger partial charge in [0.2, 0.25) is 0 Å². The second-order valence-electron chi connectivity index (χ2n) is 4.81. The van der Waals surface area contributed by atoms with Crippen molar-refractivity contribution < 1.29 is 14.7 Å². The maximum Gasteiger partial charge on any atom is 0.326 e. The van der Waals surface area contributed by atoms with Crippen molar-refractivity contribution in [1.82, 2.24) is 4.90 Å². The maximum absolute atomic E-state index is 12.5. The van der Waals surface area contributed by atoms with Crippen molar-refractivity contribution in [2.24, 2.45) is 0 Å². The van der Waals surface area contributed by atoms with Crippen LogP contribution in [0.15, 0.2) is 22.7 Å². The van der Waals surface area contributed by atoms with Gasteiger partial charge in [-0.15, -0.1) is 0 Å². The topological polar surface area (TPSA) is 57.6 Å². The van der Waals surface area contributed by atoms with Gasteiger partial charge >= 0.3 is 5.97 Å². The lowest BCUT2D eigenvalue weighted by Gasteiger charge is -2.33. The van der Waals surface area contributed by atoms with E-state index < -0.39 is 12.0 Å². The third kappa shape index (κ3) is 2.97. The summed E-state index contributed by atoms with van der Waals surface area (Å²) >= 11 is 3.36. The first-order valence-corrected chi connectivity index (χ1v) is 7.10. The molecule has 1 aromatic rings. The molecule has 0 aromatic heterocycles. The molecule has 1 unspecified atom stereocenters. The number of aryl methyl sites for hydroxylation is 1. The molecule has 1 aliphatic heterocycles. The number of likely N-dealkylation sites (tertiary alicyclic amines) is 1. The summed E-state index contributed by atoms with van der Waals surface area (Å²) in [6, 6.07) is 4.73. The van der Waals surface area contributed by atoms with Gasteiger partial charge in [0.1, 0.15) is 6.04 Å². The summed E-state index contributed by atoms with van der Waals surface area (Å²) in [6.45, 7) is 2.38. The van der Waals surface area contributed by atoms with Crippen molar-refractivity contribution in [1.29, 1.82) is 0 Å². The van der Waals surface area contributed by atoms with Crippen LogP contribution in [-0.2, 0) is 4.79 Å². The molecule has 4 nitrogen and oxygen atoms in total. The average molecular weight is 326 g/mol. The Morgan fingerprint density at radius 2 is 2.11 bits per heavy atom. The third-order valence-corrected chi connectivity index (χ3v) is 3.96. The first-order valence-electron chi connectivity index (χ1n) is 6.30. The molecule has 19 heavy (non-hydrogen) atoms. The lowest BCUT2D eigenvalue weighted by atomic mass is 9.99. The highest BCUT2D eigenvalue weighted by molar-refractivity contribution is 9.10. The summed E-state index contributed by atoms with van der Waals surface area (Å²) in [6.07, 6.45) is 2.27. The Morgan fingerprint density at radius 1 is 1.37 bits per heavy atom. The minimum absolute atomic E-state index is 0.183. The van der Waals surface area contributed by atoms with Gasteiger partial charge in [-0.3, -0.25) is 4.79 Å². The van der Waals surface area contributed by atoms with Gasteiger partial charge in [-0.05, 0) is 49.9 Å². The molecule has 1 aliphatic rings. The van der Waals surface area contributed by atoms with Crippen LogP contribution >= 0.6 is 15.9 Å². The first-order chi connectivity index (χ1) is 9.00. The zero-order valence-corrected chi connectivity index (χ0v) is 12.3. The fraction of sp³-hybridized carbons (Fsp3) is 0.429. The Morgan fingerprint density at radius 3 is 2.74 bits per heavy atom. The summed E-state index contributed by atoms with van der Waals surface area (Å²) in [4.78, 5) is 25.2. The summed E-state index contributed by atoms with van der Waals surface area (Å²) in [5, 5.41) is 9.22. The minimum atomic E-state index is -0.914. The van der Waals surface area contributed by atoms with Crippen molar-refractivity contribution in [2.45, 2.75) is 32.2 Å². The number of carbonyl (C=O) groups excluding carboxylic acids is 1. The van der Waals surface area contributed by atoms with E-state index in [1.54, 1.807) is 12.1 Å². The van der Waals surface area contributed by atoms with Gasteiger partial charge < -0.3 is 10.0 Å². The third-order valence-electron chi connectivity index (χ3n) is 3.47. The van der Waals surface area contributed by atoms with E-state index in [-0.39, 0.29) is 5.91 Å². The molecular weight excluding hydrogens is 310 g/mol. The number of hydrogen-bond donors (Lipinski definition) is 1. The number of carboxylic acid groups (broad SMARTS) is 1. The van der Waals surface area contributed by atoms with Gasteiger partial charge in [-0.25, -0.2) is 4.79 Å². The van der Waals surface area contributed by atoms with E-state index in [9.17, 15) is 14.7 Å². The molecule has 0 aliphatic carbocycles. The Labute approximate surface area is 120 Å². The lowest BCUT2D eigenvalue weighted by Crippen LogP contribution is -2.48. The van der Waals surface area contributed by atoms with Crippen molar-refractivity contribution in [3.05, 3.63) is 33.8 Å². The van der Waals surface area contributed by atoms with Crippen LogP contribution in [0.2, 0.25) is 0 Å². The number of carboxylic acids is 1. The molecular formula is C14H16BrNO3. The fourth-order valence-electron chi connectivity index (χ4n) is 2.45. The van der Waals surface area contributed by atoms with Crippen LogP contribution in [0.4, 0.5) is 0 Å². The summed E-state index contributed by atoms with van der Waals surface area (Å²) in [7, 11) is 0.